The largest absolute Gasteiger partial charge is 0.481 e. The van der Waals surface area contributed by atoms with Crippen molar-refractivity contribution in [1.82, 2.24) is 36.4 Å². The fraction of sp³-hybridized carbons (Fsp3) is 0.722. The maximum absolute atomic E-state index is 14.0. The van der Waals surface area contributed by atoms with E-state index in [1.807, 2.05) is 33.0 Å². The molecule has 21 heteroatoms. The molecule has 7 atom stereocenters. The first-order valence-electron chi connectivity index (χ1n) is 19.1. The van der Waals surface area contributed by atoms with Gasteiger partial charge in [-0.3, -0.25) is 47.9 Å². The van der Waals surface area contributed by atoms with E-state index in [1.165, 1.54) is 16.7 Å². The van der Waals surface area contributed by atoms with Crippen LogP contribution in [0.15, 0.2) is 0 Å². The molecule has 7 amide bonds. The third-order valence-corrected chi connectivity index (χ3v) is 9.50. The third-order valence-electron chi connectivity index (χ3n) is 9.50. The summed E-state index contributed by atoms with van der Waals surface area (Å²) in [6.45, 7) is 8.48. The molecule has 2 fully saturated rings. The van der Waals surface area contributed by atoms with Crippen molar-refractivity contribution in [2.45, 2.75) is 135 Å². The molecule has 0 spiro atoms. The van der Waals surface area contributed by atoms with Crippen molar-refractivity contribution >= 4 is 59.3 Å². The predicted molar refractivity (Wildman–Crippen MR) is 200 cm³/mol. The van der Waals surface area contributed by atoms with Crippen LogP contribution in [-0.4, -0.2) is 146 Å². The molecule has 0 saturated carbocycles. The fourth-order valence-corrected chi connectivity index (χ4v) is 6.74. The summed E-state index contributed by atoms with van der Waals surface area (Å²) >= 11 is 0. The molecule has 0 aliphatic carbocycles. The maximum atomic E-state index is 14.0. The van der Waals surface area contributed by atoms with Crippen LogP contribution in [0.3, 0.4) is 0 Å². The van der Waals surface area contributed by atoms with Gasteiger partial charge in [0.25, 0.3) is 0 Å². The van der Waals surface area contributed by atoms with E-state index in [-0.39, 0.29) is 37.1 Å². The van der Waals surface area contributed by atoms with Crippen LogP contribution in [-0.2, 0) is 47.9 Å². The Morgan fingerprint density at radius 1 is 0.614 bits per heavy atom. The minimum atomic E-state index is -1.77. The number of likely N-dealkylation sites (tertiary alicyclic amines) is 2. The first-order valence-corrected chi connectivity index (χ1v) is 19.1. The highest BCUT2D eigenvalue weighted by molar-refractivity contribution is 5.98. The molecule has 10 N–H and O–H groups in total. The summed E-state index contributed by atoms with van der Waals surface area (Å²) in [6.07, 6.45) is -0.0292. The van der Waals surface area contributed by atoms with Crippen LogP contribution in [0, 0.1) is 11.8 Å². The number of nitrogens with two attached hydrogens (primary N) is 1. The molecule has 21 nitrogen and oxygen atoms in total. The normalized spacial score (nSPS) is 19.2. The number of rotatable bonds is 22. The summed E-state index contributed by atoms with van der Waals surface area (Å²) in [7, 11) is 0. The zero-order chi connectivity index (χ0) is 43.1. The topological polar surface area (TPSA) is 324 Å². The standard InChI is InChI=1S/C36H58N8O13/c1-18(2)14-21(37)35(56)43-12-6-8-25(43)33(54)39-20(5)30(51)42-24(15-19(3)4)36(57)44-13-7-9-26(44)34(55)40-22(10-11-27(45)46)32(53)41-23(16-28(47)48)31(52)38-17-29(49)50/h18-26H,6-17,37H2,1-5H3,(H,38,52)(H,39,54)(H,40,55)(H,41,53)(H,42,51)(H,45,46)(H,47,48)(H,49,50)/t20-,21-,22-,23-,24-,25-,26-/m0/s1. The zero-order valence-corrected chi connectivity index (χ0v) is 33.1. The second-order valence-electron chi connectivity index (χ2n) is 15.3. The Balaban J connectivity index is 2.19. The van der Waals surface area contributed by atoms with E-state index in [9.17, 15) is 58.2 Å². The van der Waals surface area contributed by atoms with Gasteiger partial charge in [0.15, 0.2) is 0 Å². The second-order valence-corrected chi connectivity index (χ2v) is 15.3. The summed E-state index contributed by atoms with van der Waals surface area (Å²) < 4.78 is 0. The Kier molecular flexibility index (Phi) is 18.8. The molecule has 0 aromatic heterocycles. The van der Waals surface area contributed by atoms with E-state index in [2.05, 4.69) is 21.3 Å². The van der Waals surface area contributed by atoms with Crippen molar-refractivity contribution in [3.63, 3.8) is 0 Å². The molecule has 320 valence electrons. The first kappa shape index (κ1) is 47.8. The Morgan fingerprint density at radius 2 is 1.14 bits per heavy atom. The molecular formula is C36H58N8O13. The molecule has 2 aliphatic rings. The number of aliphatic carboxylic acids is 3. The molecule has 2 heterocycles. The highest BCUT2D eigenvalue weighted by Gasteiger charge is 2.41. The summed E-state index contributed by atoms with van der Waals surface area (Å²) in [6, 6.07) is -8.40. The molecule has 57 heavy (non-hydrogen) atoms. The molecule has 2 saturated heterocycles. The van der Waals surface area contributed by atoms with Gasteiger partial charge in [0.2, 0.25) is 41.4 Å². The van der Waals surface area contributed by atoms with E-state index >= 15 is 0 Å². The van der Waals surface area contributed by atoms with Crippen molar-refractivity contribution < 1.29 is 63.3 Å². The molecule has 0 aromatic rings. The molecule has 0 aromatic carbocycles. The first-order chi connectivity index (χ1) is 26.6. The number of hydrogen-bond acceptors (Lipinski definition) is 11. The average molecular weight is 811 g/mol. The van der Waals surface area contributed by atoms with E-state index in [1.54, 1.807) is 0 Å². The second kappa shape index (κ2) is 22.4. The lowest BCUT2D eigenvalue weighted by molar-refractivity contribution is -0.143. The predicted octanol–water partition coefficient (Wildman–Crippen LogP) is -2.11. The number of carboxylic acid groups (broad SMARTS) is 3. The van der Waals surface area contributed by atoms with Crippen LogP contribution >= 0.6 is 0 Å². The van der Waals surface area contributed by atoms with Gasteiger partial charge in [-0.15, -0.1) is 0 Å². The van der Waals surface area contributed by atoms with E-state index < -0.39 is 121 Å². The van der Waals surface area contributed by atoms with Gasteiger partial charge < -0.3 is 57.4 Å². The summed E-state index contributed by atoms with van der Waals surface area (Å²) in [4.78, 5) is 129. The van der Waals surface area contributed by atoms with Crippen LogP contribution in [0.4, 0.5) is 0 Å². The Morgan fingerprint density at radius 3 is 1.65 bits per heavy atom. The van der Waals surface area contributed by atoms with Gasteiger partial charge in [0.1, 0.15) is 42.8 Å². The van der Waals surface area contributed by atoms with Gasteiger partial charge in [0.05, 0.1) is 12.5 Å². The molecule has 0 bridgehead atoms. The van der Waals surface area contributed by atoms with E-state index in [0.717, 1.165) is 0 Å². The molecular weight excluding hydrogens is 752 g/mol. The molecule has 2 rings (SSSR count). The number of hydrogen-bond donors (Lipinski definition) is 9. The van der Waals surface area contributed by atoms with E-state index in [4.69, 9.17) is 10.8 Å². The summed E-state index contributed by atoms with van der Waals surface area (Å²) in [5, 5.41) is 39.2. The van der Waals surface area contributed by atoms with Crippen LogP contribution < -0.4 is 32.3 Å². The zero-order valence-electron chi connectivity index (χ0n) is 33.1. The van der Waals surface area contributed by atoms with Gasteiger partial charge >= 0.3 is 17.9 Å². The minimum Gasteiger partial charge on any atom is -0.481 e. The number of carbonyl (C=O) groups excluding carboxylic acids is 7. The summed E-state index contributed by atoms with van der Waals surface area (Å²) in [5.41, 5.74) is 6.10. The van der Waals surface area contributed by atoms with Gasteiger partial charge in [-0.05, 0) is 63.7 Å². The SMILES string of the molecule is CC(C)C[C@H](NC(=O)[C@H](C)NC(=O)[C@@H]1CCCN1C(=O)[C@@H](N)CC(C)C)C(=O)N1CCC[C@H]1C(=O)N[C@@H](CCC(=O)O)C(=O)N[C@@H](CC(=O)O)C(=O)NCC(=O)O. The lowest BCUT2D eigenvalue weighted by atomic mass is 10.0. The van der Waals surface area contributed by atoms with Gasteiger partial charge in [-0.25, -0.2) is 0 Å². The lowest BCUT2D eigenvalue weighted by Gasteiger charge is -2.31. The van der Waals surface area contributed by atoms with Gasteiger partial charge in [-0.1, -0.05) is 27.7 Å². The van der Waals surface area contributed by atoms with Crippen LogP contribution in [0.5, 0.6) is 0 Å². The summed E-state index contributed by atoms with van der Waals surface area (Å²) in [5.74, 6) is -9.57. The van der Waals surface area contributed by atoms with Crippen molar-refractivity contribution in [1.29, 1.82) is 0 Å². The Labute approximate surface area is 330 Å². The average Bonchev–Trinajstić information content (AvgIpc) is 3.81. The Hall–Kier alpha value is -5.34. The van der Waals surface area contributed by atoms with Crippen molar-refractivity contribution in [3.8, 4) is 0 Å². The van der Waals surface area contributed by atoms with Crippen molar-refractivity contribution in [2.75, 3.05) is 19.6 Å². The molecule has 2 aliphatic heterocycles. The smallest absolute Gasteiger partial charge is 0.322 e. The third kappa shape index (κ3) is 15.3. The monoisotopic (exact) mass is 810 g/mol. The van der Waals surface area contributed by atoms with Gasteiger partial charge in [-0.2, -0.15) is 0 Å². The minimum absolute atomic E-state index is 0.0919. The number of carbonyl (C=O) groups is 10. The molecule has 0 radical (unpaired) electrons. The van der Waals surface area contributed by atoms with E-state index in [0.29, 0.717) is 32.2 Å². The fourth-order valence-electron chi connectivity index (χ4n) is 6.74. The maximum Gasteiger partial charge on any atom is 0.322 e. The number of nitrogens with one attached hydrogen (secondary N) is 5. The molecule has 0 unspecified atom stereocenters. The highest BCUT2D eigenvalue weighted by Crippen LogP contribution is 2.22. The van der Waals surface area contributed by atoms with Crippen LogP contribution in [0.25, 0.3) is 0 Å². The lowest BCUT2D eigenvalue weighted by Crippen LogP contribution is -2.59. The highest BCUT2D eigenvalue weighted by atomic mass is 16.4. The van der Waals surface area contributed by atoms with Crippen molar-refractivity contribution in [2.24, 2.45) is 17.6 Å². The van der Waals surface area contributed by atoms with Crippen LogP contribution in [0.1, 0.15) is 92.4 Å². The number of amides is 7. The number of carboxylic acids is 3. The number of nitrogens with zero attached hydrogens (tertiary/aromatic N) is 2. The Bertz CT molecular complexity index is 1520. The van der Waals surface area contributed by atoms with Crippen LogP contribution in [0.2, 0.25) is 0 Å². The van der Waals surface area contributed by atoms with Crippen molar-refractivity contribution in [3.05, 3.63) is 0 Å². The van der Waals surface area contributed by atoms with Gasteiger partial charge in [0, 0.05) is 19.5 Å². The quantitative estimate of drug-likeness (QED) is 0.0565.